The van der Waals surface area contributed by atoms with Crippen LogP contribution in [-0.4, -0.2) is 40.8 Å². The van der Waals surface area contributed by atoms with E-state index in [2.05, 4.69) is 47.2 Å². The molecule has 0 aromatic carbocycles. The van der Waals surface area contributed by atoms with Gasteiger partial charge in [-0.2, -0.15) is 12.6 Å². The van der Waals surface area contributed by atoms with Gasteiger partial charge in [0.15, 0.2) is 0 Å². The molecule has 0 radical (unpaired) electrons. The number of aryl methyl sites for hydroxylation is 2. The van der Waals surface area contributed by atoms with E-state index in [0.29, 0.717) is 0 Å². The fourth-order valence-electron chi connectivity index (χ4n) is 1.61. The molecule has 0 aliphatic rings. The molecule has 0 saturated carbocycles. The van der Waals surface area contributed by atoms with Crippen molar-refractivity contribution < 1.29 is 0 Å². The molecule has 0 aliphatic carbocycles. The number of aromatic nitrogens is 2. The predicted molar refractivity (Wildman–Crippen MR) is 85.6 cm³/mol. The van der Waals surface area contributed by atoms with E-state index in [9.17, 15) is 0 Å². The van der Waals surface area contributed by atoms with Crippen molar-refractivity contribution in [2.75, 3.05) is 26.4 Å². The van der Waals surface area contributed by atoms with Crippen LogP contribution in [0.15, 0.2) is 12.5 Å². The molecular formula is C14H31N3S. The van der Waals surface area contributed by atoms with Crippen LogP contribution in [0.1, 0.15) is 39.3 Å². The van der Waals surface area contributed by atoms with E-state index in [1.165, 1.54) is 25.9 Å². The summed E-state index contributed by atoms with van der Waals surface area (Å²) in [6.45, 7) is 11.7. The van der Waals surface area contributed by atoms with Crippen molar-refractivity contribution in [2.45, 2.75) is 47.1 Å². The van der Waals surface area contributed by atoms with Crippen LogP contribution in [0.3, 0.4) is 0 Å². The summed E-state index contributed by atoms with van der Waals surface area (Å²) in [4.78, 5) is 6.58. The van der Waals surface area contributed by atoms with Gasteiger partial charge in [0.05, 0.1) is 12.0 Å². The van der Waals surface area contributed by atoms with Crippen LogP contribution < -0.4 is 0 Å². The third kappa shape index (κ3) is 10.7. The van der Waals surface area contributed by atoms with Crippen molar-refractivity contribution in [2.24, 2.45) is 0 Å². The fraction of sp³-hybridized carbons (Fsp3) is 0.786. The Balaban J connectivity index is 0. The Morgan fingerprint density at radius 1 is 1.28 bits per heavy atom. The third-order valence-electron chi connectivity index (χ3n) is 2.32. The molecule has 0 N–H and O–H groups in total. The number of hydrogen-bond acceptors (Lipinski definition) is 3. The molecule has 4 heteroatoms. The maximum atomic E-state index is 4.20. The summed E-state index contributed by atoms with van der Waals surface area (Å²) in [5.41, 5.74) is 1.10. The standard InChI is InChI=1S/C11H21N3.C2H6.CH4S/c1-4-6-13(3)7-5-8-14-9-11(2)12-10-14;2*1-2/h9-10H,4-8H2,1-3H3;1-2H3;2H,1H3. The number of rotatable bonds is 6. The topological polar surface area (TPSA) is 21.1 Å². The first-order valence-electron chi connectivity index (χ1n) is 6.84. The van der Waals surface area contributed by atoms with E-state index in [1.807, 2.05) is 27.1 Å². The van der Waals surface area contributed by atoms with Crippen molar-refractivity contribution >= 4 is 12.6 Å². The Morgan fingerprint density at radius 2 is 1.89 bits per heavy atom. The Labute approximate surface area is 119 Å². The van der Waals surface area contributed by atoms with Crippen LogP contribution in [0.4, 0.5) is 0 Å². The van der Waals surface area contributed by atoms with Crippen molar-refractivity contribution in [3.63, 3.8) is 0 Å². The maximum Gasteiger partial charge on any atom is 0.0949 e. The largest absolute Gasteiger partial charge is 0.337 e. The number of thiol groups is 1. The van der Waals surface area contributed by atoms with E-state index >= 15 is 0 Å². The van der Waals surface area contributed by atoms with Gasteiger partial charge in [-0.25, -0.2) is 4.98 Å². The molecule has 1 rings (SSSR count). The van der Waals surface area contributed by atoms with Crippen LogP contribution in [0, 0.1) is 6.92 Å². The molecule has 18 heavy (non-hydrogen) atoms. The highest BCUT2D eigenvalue weighted by Gasteiger charge is 1.97. The Morgan fingerprint density at radius 3 is 2.33 bits per heavy atom. The first-order valence-corrected chi connectivity index (χ1v) is 7.73. The Bertz CT molecular complexity index is 261. The molecule has 0 saturated heterocycles. The zero-order valence-electron chi connectivity index (χ0n) is 13.0. The quantitative estimate of drug-likeness (QED) is 0.801. The van der Waals surface area contributed by atoms with Gasteiger partial charge in [0.2, 0.25) is 0 Å². The third-order valence-corrected chi connectivity index (χ3v) is 2.32. The molecule has 0 atom stereocenters. The van der Waals surface area contributed by atoms with Crippen LogP contribution in [0.2, 0.25) is 0 Å². The van der Waals surface area contributed by atoms with Gasteiger partial charge in [0.1, 0.15) is 0 Å². The molecule has 0 spiro atoms. The second kappa shape index (κ2) is 14.6. The highest BCUT2D eigenvalue weighted by atomic mass is 32.1. The summed E-state index contributed by atoms with van der Waals surface area (Å²) >= 11 is 3.53. The Hall–Kier alpha value is -0.480. The molecule has 108 valence electrons. The second-order valence-corrected chi connectivity index (χ2v) is 3.91. The van der Waals surface area contributed by atoms with Gasteiger partial charge in [-0.15, -0.1) is 0 Å². The Kier molecular flexibility index (Phi) is 16.1. The number of hydrogen-bond donors (Lipinski definition) is 1. The van der Waals surface area contributed by atoms with Crippen LogP contribution in [0.25, 0.3) is 0 Å². The van der Waals surface area contributed by atoms with Gasteiger partial charge in [0.25, 0.3) is 0 Å². The van der Waals surface area contributed by atoms with Gasteiger partial charge in [-0.05, 0) is 46.2 Å². The molecule has 1 aromatic heterocycles. The SMILES string of the molecule is CC.CCCN(C)CCCn1cnc(C)c1.CS. The molecule has 1 aromatic rings. The average molecular weight is 273 g/mol. The fourth-order valence-corrected chi connectivity index (χ4v) is 1.61. The monoisotopic (exact) mass is 273 g/mol. The summed E-state index contributed by atoms with van der Waals surface area (Å²) in [6, 6.07) is 0. The van der Waals surface area contributed by atoms with Crippen LogP contribution in [-0.2, 0) is 6.54 Å². The summed E-state index contributed by atoms with van der Waals surface area (Å²) < 4.78 is 2.16. The van der Waals surface area contributed by atoms with Gasteiger partial charge in [0, 0.05) is 12.7 Å². The van der Waals surface area contributed by atoms with Crippen molar-refractivity contribution in [3.05, 3.63) is 18.2 Å². The minimum absolute atomic E-state index is 1.08. The average Bonchev–Trinajstić information content (AvgIpc) is 2.80. The smallest absolute Gasteiger partial charge is 0.0949 e. The number of imidazole rings is 1. The molecule has 0 aliphatic heterocycles. The van der Waals surface area contributed by atoms with Gasteiger partial charge >= 0.3 is 0 Å². The van der Waals surface area contributed by atoms with E-state index in [1.54, 1.807) is 6.26 Å². The molecule has 1 heterocycles. The first-order chi connectivity index (χ1) is 8.72. The molecule has 3 nitrogen and oxygen atoms in total. The summed E-state index contributed by atoms with van der Waals surface area (Å²) in [6.07, 6.45) is 8.14. The minimum Gasteiger partial charge on any atom is -0.337 e. The highest BCUT2D eigenvalue weighted by Crippen LogP contribution is 1.97. The normalized spacial score (nSPS) is 9.33. The molecule has 0 fully saturated rings. The summed E-state index contributed by atoms with van der Waals surface area (Å²) in [7, 11) is 2.18. The minimum atomic E-state index is 1.08. The van der Waals surface area contributed by atoms with E-state index in [0.717, 1.165) is 12.2 Å². The predicted octanol–water partition coefficient (Wildman–Crippen LogP) is 3.50. The lowest BCUT2D eigenvalue weighted by Crippen LogP contribution is -2.21. The molecular weight excluding hydrogens is 242 g/mol. The van der Waals surface area contributed by atoms with Crippen molar-refractivity contribution in [3.8, 4) is 0 Å². The lowest BCUT2D eigenvalue weighted by molar-refractivity contribution is 0.322. The van der Waals surface area contributed by atoms with Crippen LogP contribution >= 0.6 is 12.6 Å². The number of nitrogens with zero attached hydrogens (tertiary/aromatic N) is 3. The second-order valence-electron chi connectivity index (χ2n) is 3.91. The maximum absolute atomic E-state index is 4.20. The van der Waals surface area contributed by atoms with Gasteiger partial charge in [-0.3, -0.25) is 0 Å². The first kappa shape index (κ1) is 19.9. The van der Waals surface area contributed by atoms with E-state index in [4.69, 9.17) is 0 Å². The lowest BCUT2D eigenvalue weighted by Gasteiger charge is -2.14. The molecule has 0 bridgehead atoms. The van der Waals surface area contributed by atoms with Crippen molar-refractivity contribution in [1.29, 1.82) is 0 Å². The zero-order chi connectivity index (χ0) is 14.4. The summed E-state index contributed by atoms with van der Waals surface area (Å²) in [5.74, 6) is 0. The molecule has 0 amide bonds. The van der Waals surface area contributed by atoms with Crippen LogP contribution in [0.5, 0.6) is 0 Å². The van der Waals surface area contributed by atoms with Gasteiger partial charge < -0.3 is 9.47 Å². The van der Waals surface area contributed by atoms with E-state index in [-0.39, 0.29) is 0 Å². The summed E-state index contributed by atoms with van der Waals surface area (Å²) in [5, 5.41) is 0. The zero-order valence-corrected chi connectivity index (χ0v) is 13.9. The van der Waals surface area contributed by atoms with Gasteiger partial charge in [-0.1, -0.05) is 20.8 Å². The van der Waals surface area contributed by atoms with Crippen molar-refractivity contribution in [1.82, 2.24) is 14.5 Å². The van der Waals surface area contributed by atoms with E-state index < -0.39 is 0 Å². The highest BCUT2D eigenvalue weighted by molar-refractivity contribution is 7.79. The molecule has 0 unspecified atom stereocenters. The lowest BCUT2D eigenvalue weighted by atomic mass is 10.3.